The highest BCUT2D eigenvalue weighted by atomic mass is 35.5. The van der Waals surface area contributed by atoms with E-state index in [1.807, 2.05) is 12.1 Å². The first kappa shape index (κ1) is 23.6. The third-order valence-corrected chi connectivity index (χ3v) is 8.44. The Bertz CT molecular complexity index is 1100. The van der Waals surface area contributed by atoms with Crippen LogP contribution in [0, 0.1) is 17.2 Å². The van der Waals surface area contributed by atoms with Crippen molar-refractivity contribution in [2.75, 3.05) is 13.1 Å². The standard InChI is InChI=1S/C22H23Cl2N3O3S/c1-15(22(28)26-12-11-16-7-9-17(14-25)10-8-16)19-5-3-13-27(19)31(29,30)20-6-2-4-18(23)21(20)24/h2,4,6-10,15,19H,3,5,11-13H2,1H3,(H,26,28). The second-order valence-electron chi connectivity index (χ2n) is 7.52. The normalized spacial score (nSPS) is 17.8. The van der Waals surface area contributed by atoms with E-state index < -0.39 is 22.0 Å². The lowest BCUT2D eigenvalue weighted by Gasteiger charge is -2.28. The average Bonchev–Trinajstić information content (AvgIpc) is 3.26. The van der Waals surface area contributed by atoms with E-state index in [1.54, 1.807) is 25.1 Å². The smallest absolute Gasteiger partial charge is 0.244 e. The average molecular weight is 480 g/mol. The van der Waals surface area contributed by atoms with Gasteiger partial charge in [-0.05, 0) is 49.1 Å². The third kappa shape index (κ3) is 5.21. The lowest BCUT2D eigenvalue weighted by molar-refractivity contribution is -0.125. The second-order valence-corrected chi connectivity index (χ2v) is 10.2. The molecule has 31 heavy (non-hydrogen) atoms. The largest absolute Gasteiger partial charge is 0.355 e. The summed E-state index contributed by atoms with van der Waals surface area (Å²) in [5.41, 5.74) is 1.59. The van der Waals surface area contributed by atoms with Crippen LogP contribution in [-0.2, 0) is 21.2 Å². The zero-order valence-corrected chi connectivity index (χ0v) is 19.3. The Hall–Kier alpha value is -2.11. The van der Waals surface area contributed by atoms with Crippen LogP contribution in [0.2, 0.25) is 10.0 Å². The Labute approximate surface area is 192 Å². The summed E-state index contributed by atoms with van der Waals surface area (Å²) in [6.45, 7) is 2.50. The van der Waals surface area contributed by atoms with E-state index in [0.29, 0.717) is 37.9 Å². The molecule has 3 rings (SSSR count). The molecule has 1 heterocycles. The van der Waals surface area contributed by atoms with E-state index >= 15 is 0 Å². The van der Waals surface area contributed by atoms with Crippen molar-refractivity contribution in [3.8, 4) is 6.07 Å². The Morgan fingerprint density at radius 3 is 2.65 bits per heavy atom. The van der Waals surface area contributed by atoms with Gasteiger partial charge in [0.05, 0.1) is 27.6 Å². The molecule has 2 atom stereocenters. The molecule has 2 aromatic rings. The zero-order chi connectivity index (χ0) is 22.6. The summed E-state index contributed by atoms with van der Waals surface area (Å²) < 4.78 is 27.8. The van der Waals surface area contributed by atoms with Crippen LogP contribution in [0.3, 0.4) is 0 Å². The molecular weight excluding hydrogens is 457 g/mol. The van der Waals surface area contributed by atoms with Gasteiger partial charge >= 0.3 is 0 Å². The predicted octanol–water partition coefficient (Wildman–Crippen LogP) is 4.01. The van der Waals surface area contributed by atoms with Crippen molar-refractivity contribution >= 4 is 39.1 Å². The van der Waals surface area contributed by atoms with Gasteiger partial charge in [-0.2, -0.15) is 9.57 Å². The van der Waals surface area contributed by atoms with Gasteiger partial charge < -0.3 is 5.32 Å². The SMILES string of the molecule is CC(C(=O)NCCc1ccc(C#N)cc1)C1CCCN1S(=O)(=O)c1cccc(Cl)c1Cl. The molecule has 1 fully saturated rings. The highest BCUT2D eigenvalue weighted by Gasteiger charge is 2.41. The van der Waals surface area contributed by atoms with Gasteiger partial charge in [0, 0.05) is 19.1 Å². The first-order chi connectivity index (χ1) is 14.8. The molecular formula is C22H23Cl2N3O3S. The minimum atomic E-state index is -3.88. The number of rotatable bonds is 7. The summed E-state index contributed by atoms with van der Waals surface area (Å²) in [6.07, 6.45) is 1.89. The number of hydrogen-bond donors (Lipinski definition) is 1. The number of nitriles is 1. The van der Waals surface area contributed by atoms with Crippen LogP contribution >= 0.6 is 23.2 Å². The molecule has 1 N–H and O–H groups in total. The zero-order valence-electron chi connectivity index (χ0n) is 17.0. The van der Waals surface area contributed by atoms with Crippen molar-refractivity contribution in [1.82, 2.24) is 9.62 Å². The minimum Gasteiger partial charge on any atom is -0.355 e. The van der Waals surface area contributed by atoms with Crippen LogP contribution in [0.25, 0.3) is 0 Å². The van der Waals surface area contributed by atoms with Gasteiger partial charge in [0.15, 0.2) is 0 Å². The van der Waals surface area contributed by atoms with E-state index in [-0.39, 0.29) is 20.8 Å². The van der Waals surface area contributed by atoms with Gasteiger partial charge in [-0.15, -0.1) is 0 Å². The number of benzene rings is 2. The number of halogens is 2. The monoisotopic (exact) mass is 479 g/mol. The molecule has 2 aromatic carbocycles. The van der Waals surface area contributed by atoms with Crippen molar-refractivity contribution in [3.63, 3.8) is 0 Å². The maximum absolute atomic E-state index is 13.2. The Morgan fingerprint density at radius 2 is 1.97 bits per heavy atom. The molecule has 1 aliphatic heterocycles. The lowest BCUT2D eigenvalue weighted by atomic mass is 9.99. The van der Waals surface area contributed by atoms with Gasteiger partial charge in [-0.25, -0.2) is 8.42 Å². The molecule has 1 amide bonds. The fourth-order valence-electron chi connectivity index (χ4n) is 3.79. The highest BCUT2D eigenvalue weighted by Crippen LogP contribution is 2.35. The molecule has 0 aromatic heterocycles. The van der Waals surface area contributed by atoms with Crippen LogP contribution in [-0.4, -0.2) is 37.8 Å². The van der Waals surface area contributed by atoms with Crippen molar-refractivity contribution in [2.24, 2.45) is 5.92 Å². The quantitative estimate of drug-likeness (QED) is 0.649. The molecule has 0 spiro atoms. The third-order valence-electron chi connectivity index (χ3n) is 5.54. The molecule has 0 bridgehead atoms. The molecule has 1 saturated heterocycles. The fraction of sp³-hybridized carbons (Fsp3) is 0.364. The topological polar surface area (TPSA) is 90.3 Å². The van der Waals surface area contributed by atoms with E-state index in [9.17, 15) is 13.2 Å². The van der Waals surface area contributed by atoms with Crippen molar-refractivity contribution < 1.29 is 13.2 Å². The maximum Gasteiger partial charge on any atom is 0.244 e. The molecule has 0 aliphatic carbocycles. The molecule has 6 nitrogen and oxygen atoms in total. The molecule has 9 heteroatoms. The second kappa shape index (κ2) is 10.0. The maximum atomic E-state index is 13.2. The van der Waals surface area contributed by atoms with Gasteiger partial charge in [0.2, 0.25) is 15.9 Å². The van der Waals surface area contributed by atoms with Crippen LogP contribution in [0.5, 0.6) is 0 Å². The molecule has 2 unspecified atom stereocenters. The van der Waals surface area contributed by atoms with E-state index in [1.165, 1.54) is 16.4 Å². The molecule has 164 valence electrons. The fourth-order valence-corrected chi connectivity index (χ4v) is 6.29. The number of nitrogens with zero attached hydrogens (tertiary/aromatic N) is 2. The number of amides is 1. The van der Waals surface area contributed by atoms with Gasteiger partial charge in [-0.3, -0.25) is 4.79 Å². The van der Waals surface area contributed by atoms with Crippen molar-refractivity contribution in [1.29, 1.82) is 5.26 Å². The van der Waals surface area contributed by atoms with Gasteiger partial charge in [0.1, 0.15) is 4.90 Å². The molecule has 0 saturated carbocycles. The lowest BCUT2D eigenvalue weighted by Crippen LogP contribution is -2.45. The Morgan fingerprint density at radius 1 is 1.26 bits per heavy atom. The number of carbonyl (C=O) groups is 1. The van der Waals surface area contributed by atoms with Crippen LogP contribution in [0.15, 0.2) is 47.4 Å². The minimum absolute atomic E-state index is 0.00524. The first-order valence-electron chi connectivity index (χ1n) is 9.98. The number of nitrogens with one attached hydrogen (secondary N) is 1. The van der Waals surface area contributed by atoms with E-state index in [4.69, 9.17) is 28.5 Å². The van der Waals surface area contributed by atoms with E-state index in [0.717, 1.165) is 5.56 Å². The Kier molecular flexibility index (Phi) is 7.60. The van der Waals surface area contributed by atoms with Crippen molar-refractivity contribution in [3.05, 3.63) is 63.6 Å². The van der Waals surface area contributed by atoms with Gasteiger partial charge in [0.25, 0.3) is 0 Å². The molecule has 1 aliphatic rings. The summed E-state index contributed by atoms with van der Waals surface area (Å²) in [5.74, 6) is -0.714. The number of carbonyl (C=O) groups excluding carboxylic acids is 1. The number of hydrogen-bond acceptors (Lipinski definition) is 4. The van der Waals surface area contributed by atoms with Crippen LogP contribution < -0.4 is 5.32 Å². The first-order valence-corrected chi connectivity index (χ1v) is 12.2. The summed E-state index contributed by atoms with van der Waals surface area (Å²) in [5, 5.41) is 11.9. The predicted molar refractivity (Wildman–Crippen MR) is 120 cm³/mol. The Balaban J connectivity index is 1.65. The summed E-state index contributed by atoms with van der Waals surface area (Å²) >= 11 is 12.2. The highest BCUT2D eigenvalue weighted by molar-refractivity contribution is 7.89. The van der Waals surface area contributed by atoms with E-state index in [2.05, 4.69) is 11.4 Å². The van der Waals surface area contributed by atoms with Crippen LogP contribution in [0.1, 0.15) is 30.9 Å². The summed E-state index contributed by atoms with van der Waals surface area (Å²) in [6, 6.07) is 13.3. The summed E-state index contributed by atoms with van der Waals surface area (Å²) in [4.78, 5) is 12.7. The number of sulfonamides is 1. The van der Waals surface area contributed by atoms with Crippen LogP contribution in [0.4, 0.5) is 0 Å². The summed E-state index contributed by atoms with van der Waals surface area (Å²) in [7, 11) is -3.88. The van der Waals surface area contributed by atoms with Gasteiger partial charge in [-0.1, -0.05) is 48.3 Å². The van der Waals surface area contributed by atoms with Crippen molar-refractivity contribution in [2.45, 2.75) is 37.1 Å². The molecule has 0 radical (unpaired) electrons.